The summed E-state index contributed by atoms with van der Waals surface area (Å²) >= 11 is 4.87. The van der Waals surface area contributed by atoms with E-state index in [0.717, 1.165) is 25.9 Å². The molecule has 1 saturated heterocycles. The van der Waals surface area contributed by atoms with E-state index >= 15 is 0 Å². The molecule has 1 amide bonds. The molecule has 0 spiro atoms. The fraction of sp³-hybridized carbons (Fsp3) is 0.857. The van der Waals surface area contributed by atoms with Crippen LogP contribution >= 0.6 is 12.2 Å². The molecule has 116 valence electrons. The summed E-state index contributed by atoms with van der Waals surface area (Å²) in [6.07, 6.45) is 5.53. The third kappa shape index (κ3) is 7.17. The quantitative estimate of drug-likeness (QED) is 0.654. The van der Waals surface area contributed by atoms with Crippen molar-refractivity contribution >= 4 is 23.1 Å². The molecule has 0 aromatic rings. The van der Waals surface area contributed by atoms with Gasteiger partial charge in [-0.15, -0.1) is 0 Å². The third-order valence-corrected chi connectivity index (χ3v) is 3.70. The Hall–Kier alpha value is -0.720. The Bertz CT molecular complexity index is 307. The first kappa shape index (κ1) is 17.3. The van der Waals surface area contributed by atoms with E-state index in [1.54, 1.807) is 12.0 Å². The maximum absolute atomic E-state index is 12.2. The maximum atomic E-state index is 12.2. The lowest BCUT2D eigenvalue weighted by Gasteiger charge is -2.25. The molecule has 0 aromatic carbocycles. The fourth-order valence-electron chi connectivity index (χ4n) is 2.29. The van der Waals surface area contributed by atoms with E-state index in [9.17, 15) is 4.79 Å². The van der Waals surface area contributed by atoms with Gasteiger partial charge in [0, 0.05) is 39.6 Å². The van der Waals surface area contributed by atoms with Crippen LogP contribution in [0, 0.1) is 0 Å². The van der Waals surface area contributed by atoms with Crippen LogP contribution in [0.4, 0.5) is 0 Å². The average molecular weight is 302 g/mol. The van der Waals surface area contributed by atoms with Gasteiger partial charge in [0.25, 0.3) is 0 Å². The molecule has 0 saturated carbocycles. The van der Waals surface area contributed by atoms with E-state index in [2.05, 4.69) is 0 Å². The number of rotatable bonds is 9. The van der Waals surface area contributed by atoms with Gasteiger partial charge in [0.15, 0.2) is 0 Å². The molecular formula is C14H26N2O3S. The highest BCUT2D eigenvalue weighted by Crippen LogP contribution is 2.17. The number of nitrogens with zero attached hydrogens (tertiary/aromatic N) is 1. The molecule has 1 aliphatic rings. The second kappa shape index (κ2) is 10.1. The van der Waals surface area contributed by atoms with Gasteiger partial charge in [0.1, 0.15) is 0 Å². The molecule has 0 radical (unpaired) electrons. The van der Waals surface area contributed by atoms with Crippen LogP contribution in [-0.4, -0.2) is 55.3 Å². The molecule has 1 heterocycles. The Kier molecular flexibility index (Phi) is 8.73. The first-order chi connectivity index (χ1) is 9.63. The number of carbonyl (C=O) groups excluding carboxylic acids is 1. The summed E-state index contributed by atoms with van der Waals surface area (Å²) in [5, 5.41) is 0. The highest BCUT2D eigenvalue weighted by molar-refractivity contribution is 7.80. The molecule has 2 N–H and O–H groups in total. The van der Waals surface area contributed by atoms with Crippen LogP contribution in [-0.2, 0) is 14.3 Å². The van der Waals surface area contributed by atoms with E-state index in [1.807, 2.05) is 0 Å². The standard InChI is InChI=1S/C14H26N2O3S/c1-18-11-9-16(8-7-13(15)20)14(17)6-5-12-4-2-3-10-19-12/h12H,2-11H2,1H3,(H2,15,20). The van der Waals surface area contributed by atoms with E-state index < -0.39 is 0 Å². The van der Waals surface area contributed by atoms with Crippen molar-refractivity contribution in [3.05, 3.63) is 0 Å². The van der Waals surface area contributed by atoms with Gasteiger partial charge in [-0.2, -0.15) is 0 Å². The zero-order valence-corrected chi connectivity index (χ0v) is 13.1. The number of hydrogen-bond donors (Lipinski definition) is 1. The Morgan fingerprint density at radius 1 is 1.40 bits per heavy atom. The summed E-state index contributed by atoms with van der Waals surface area (Å²) in [7, 11) is 1.63. The molecule has 0 bridgehead atoms. The van der Waals surface area contributed by atoms with Crippen molar-refractivity contribution in [3.8, 4) is 0 Å². The van der Waals surface area contributed by atoms with Gasteiger partial charge in [0.2, 0.25) is 5.91 Å². The lowest BCUT2D eigenvalue weighted by molar-refractivity contribution is -0.132. The third-order valence-electron chi connectivity index (χ3n) is 3.50. The monoisotopic (exact) mass is 302 g/mol. The summed E-state index contributed by atoms with van der Waals surface area (Å²) in [6.45, 7) is 2.52. The summed E-state index contributed by atoms with van der Waals surface area (Å²) in [5.41, 5.74) is 5.50. The van der Waals surface area contributed by atoms with Gasteiger partial charge in [-0.1, -0.05) is 12.2 Å². The van der Waals surface area contributed by atoms with E-state index in [4.69, 9.17) is 27.4 Å². The van der Waals surface area contributed by atoms with Crippen LogP contribution in [0.2, 0.25) is 0 Å². The maximum Gasteiger partial charge on any atom is 0.222 e. The zero-order valence-electron chi connectivity index (χ0n) is 12.3. The zero-order chi connectivity index (χ0) is 14.8. The van der Waals surface area contributed by atoms with Gasteiger partial charge in [-0.25, -0.2) is 0 Å². The van der Waals surface area contributed by atoms with Gasteiger partial charge >= 0.3 is 0 Å². The molecular weight excluding hydrogens is 276 g/mol. The number of ether oxygens (including phenoxy) is 2. The van der Waals surface area contributed by atoms with Crippen molar-refractivity contribution in [3.63, 3.8) is 0 Å². The minimum Gasteiger partial charge on any atom is -0.393 e. The van der Waals surface area contributed by atoms with Crippen molar-refractivity contribution in [1.82, 2.24) is 4.90 Å². The molecule has 1 unspecified atom stereocenters. The SMILES string of the molecule is COCCN(CCC(N)=S)C(=O)CCC1CCCCO1. The van der Waals surface area contributed by atoms with Crippen molar-refractivity contribution < 1.29 is 14.3 Å². The van der Waals surface area contributed by atoms with E-state index in [-0.39, 0.29) is 12.0 Å². The topological polar surface area (TPSA) is 64.8 Å². The lowest BCUT2D eigenvalue weighted by atomic mass is 10.0. The molecule has 0 aliphatic carbocycles. The van der Waals surface area contributed by atoms with Crippen LogP contribution in [0.15, 0.2) is 0 Å². The number of methoxy groups -OCH3 is 1. The van der Waals surface area contributed by atoms with Gasteiger partial charge < -0.3 is 20.1 Å². The number of amides is 1. The van der Waals surface area contributed by atoms with Crippen LogP contribution in [0.1, 0.15) is 38.5 Å². The smallest absolute Gasteiger partial charge is 0.222 e. The Labute approximate surface area is 126 Å². The van der Waals surface area contributed by atoms with Crippen molar-refractivity contribution in [1.29, 1.82) is 0 Å². The predicted octanol–water partition coefficient (Wildman–Crippen LogP) is 1.49. The van der Waals surface area contributed by atoms with Gasteiger partial charge in [-0.05, 0) is 25.7 Å². The Morgan fingerprint density at radius 2 is 2.20 bits per heavy atom. The van der Waals surface area contributed by atoms with Crippen molar-refractivity contribution in [2.75, 3.05) is 33.4 Å². The molecule has 1 rings (SSSR count). The van der Waals surface area contributed by atoms with E-state index in [1.165, 1.54) is 6.42 Å². The highest BCUT2D eigenvalue weighted by Gasteiger charge is 2.18. The normalized spacial score (nSPS) is 18.8. The molecule has 5 nitrogen and oxygen atoms in total. The molecule has 1 atom stereocenters. The van der Waals surface area contributed by atoms with Crippen LogP contribution in [0.3, 0.4) is 0 Å². The lowest BCUT2D eigenvalue weighted by Crippen LogP contribution is -2.36. The summed E-state index contributed by atoms with van der Waals surface area (Å²) < 4.78 is 10.7. The predicted molar refractivity (Wildman–Crippen MR) is 82.7 cm³/mol. The number of nitrogens with two attached hydrogens (primary N) is 1. The minimum atomic E-state index is 0.132. The highest BCUT2D eigenvalue weighted by atomic mass is 32.1. The van der Waals surface area contributed by atoms with E-state index in [0.29, 0.717) is 37.5 Å². The fourth-order valence-corrected chi connectivity index (χ4v) is 2.38. The molecule has 0 aromatic heterocycles. The first-order valence-electron chi connectivity index (χ1n) is 7.30. The Morgan fingerprint density at radius 3 is 2.80 bits per heavy atom. The summed E-state index contributed by atoms with van der Waals surface area (Å²) in [4.78, 5) is 14.5. The molecule has 1 fully saturated rings. The Balaban J connectivity index is 2.34. The minimum absolute atomic E-state index is 0.132. The van der Waals surface area contributed by atoms with Crippen molar-refractivity contribution in [2.45, 2.75) is 44.6 Å². The van der Waals surface area contributed by atoms with Crippen molar-refractivity contribution in [2.24, 2.45) is 5.73 Å². The van der Waals surface area contributed by atoms with Gasteiger partial charge in [0.05, 0.1) is 17.7 Å². The second-order valence-electron chi connectivity index (χ2n) is 5.12. The molecule has 1 aliphatic heterocycles. The molecule has 20 heavy (non-hydrogen) atoms. The molecule has 6 heteroatoms. The summed E-state index contributed by atoms with van der Waals surface area (Å²) in [5.74, 6) is 0.132. The van der Waals surface area contributed by atoms with Crippen LogP contribution < -0.4 is 5.73 Å². The van der Waals surface area contributed by atoms with Crippen LogP contribution in [0.25, 0.3) is 0 Å². The summed E-state index contributed by atoms with van der Waals surface area (Å²) in [6, 6.07) is 0. The largest absolute Gasteiger partial charge is 0.393 e. The number of carbonyl (C=O) groups is 1. The van der Waals surface area contributed by atoms with Crippen LogP contribution in [0.5, 0.6) is 0 Å². The average Bonchev–Trinajstić information content (AvgIpc) is 2.45. The number of thiocarbonyl (C=S) groups is 1. The first-order valence-corrected chi connectivity index (χ1v) is 7.71. The second-order valence-corrected chi connectivity index (χ2v) is 5.64. The van der Waals surface area contributed by atoms with Gasteiger partial charge in [-0.3, -0.25) is 4.79 Å². The number of hydrogen-bond acceptors (Lipinski definition) is 4.